The van der Waals surface area contributed by atoms with Crippen LogP contribution in [0.25, 0.3) is 0 Å². The molecule has 0 amide bonds. The quantitative estimate of drug-likeness (QED) is 0.890. The molecule has 2 N–H and O–H groups in total. The first-order chi connectivity index (χ1) is 10.7. The standard InChI is InChI=1S/C17H13BrN2O2/c1-21-10-6-7-12-15(8-10)22-17(20)13(9-19)16(12)11-4-2-3-5-14(11)18/h2-8,16H,20H2,1H3/t16-/m1/s1. The smallest absolute Gasteiger partial charge is 0.205 e. The number of benzene rings is 2. The van der Waals surface area contributed by atoms with Crippen LogP contribution in [0, 0.1) is 11.3 Å². The van der Waals surface area contributed by atoms with Gasteiger partial charge in [0, 0.05) is 16.1 Å². The molecule has 0 fully saturated rings. The molecule has 2 aromatic rings. The Labute approximate surface area is 136 Å². The zero-order valence-electron chi connectivity index (χ0n) is 11.8. The highest BCUT2D eigenvalue weighted by Gasteiger charge is 2.31. The summed E-state index contributed by atoms with van der Waals surface area (Å²) in [6.45, 7) is 0. The third kappa shape index (κ3) is 2.32. The van der Waals surface area contributed by atoms with Crippen molar-refractivity contribution in [3.05, 3.63) is 69.5 Å². The topological polar surface area (TPSA) is 68.3 Å². The summed E-state index contributed by atoms with van der Waals surface area (Å²) in [6, 6.07) is 15.5. The van der Waals surface area contributed by atoms with Crippen LogP contribution in [0.4, 0.5) is 0 Å². The Bertz CT molecular complexity index is 809. The summed E-state index contributed by atoms with van der Waals surface area (Å²) in [5.74, 6) is 1.15. The summed E-state index contributed by atoms with van der Waals surface area (Å²) in [6.07, 6.45) is 0. The fourth-order valence-electron chi connectivity index (χ4n) is 2.59. The third-order valence-corrected chi connectivity index (χ3v) is 4.36. The number of hydrogen-bond donors (Lipinski definition) is 1. The van der Waals surface area contributed by atoms with E-state index in [4.69, 9.17) is 15.2 Å². The molecule has 0 aliphatic carbocycles. The second-order valence-corrected chi connectivity index (χ2v) is 5.70. The van der Waals surface area contributed by atoms with Gasteiger partial charge in [-0.15, -0.1) is 0 Å². The molecule has 0 aromatic heterocycles. The van der Waals surface area contributed by atoms with E-state index < -0.39 is 0 Å². The van der Waals surface area contributed by atoms with Gasteiger partial charge in [-0.1, -0.05) is 40.2 Å². The molecule has 1 atom stereocenters. The van der Waals surface area contributed by atoms with Gasteiger partial charge in [-0.25, -0.2) is 0 Å². The van der Waals surface area contributed by atoms with Gasteiger partial charge in [0.25, 0.3) is 0 Å². The van der Waals surface area contributed by atoms with Gasteiger partial charge in [0.1, 0.15) is 23.1 Å². The molecule has 4 nitrogen and oxygen atoms in total. The Morgan fingerprint density at radius 3 is 2.68 bits per heavy atom. The van der Waals surface area contributed by atoms with Gasteiger partial charge in [0.2, 0.25) is 5.88 Å². The largest absolute Gasteiger partial charge is 0.497 e. The van der Waals surface area contributed by atoms with E-state index in [2.05, 4.69) is 22.0 Å². The highest BCUT2D eigenvalue weighted by molar-refractivity contribution is 9.10. The maximum atomic E-state index is 9.50. The van der Waals surface area contributed by atoms with Gasteiger partial charge in [-0.3, -0.25) is 0 Å². The first-order valence-electron chi connectivity index (χ1n) is 6.65. The number of rotatable bonds is 2. The molecule has 1 aliphatic heterocycles. The molecule has 1 aliphatic rings. The number of nitrogens with zero attached hydrogens (tertiary/aromatic N) is 1. The lowest BCUT2D eigenvalue weighted by Crippen LogP contribution is -2.21. The first kappa shape index (κ1) is 14.5. The summed E-state index contributed by atoms with van der Waals surface area (Å²) in [4.78, 5) is 0. The minimum Gasteiger partial charge on any atom is -0.497 e. The molecular formula is C17H13BrN2O2. The van der Waals surface area contributed by atoms with Crippen molar-refractivity contribution in [2.75, 3.05) is 7.11 Å². The number of nitrogens with two attached hydrogens (primary N) is 1. The zero-order valence-corrected chi connectivity index (χ0v) is 13.4. The molecule has 22 heavy (non-hydrogen) atoms. The van der Waals surface area contributed by atoms with E-state index >= 15 is 0 Å². The molecule has 0 saturated heterocycles. The monoisotopic (exact) mass is 356 g/mol. The molecule has 1 heterocycles. The van der Waals surface area contributed by atoms with E-state index in [1.54, 1.807) is 13.2 Å². The van der Waals surface area contributed by atoms with Crippen molar-refractivity contribution in [3.8, 4) is 17.6 Å². The molecule has 0 unspecified atom stereocenters. The van der Waals surface area contributed by atoms with Crippen molar-refractivity contribution in [1.29, 1.82) is 5.26 Å². The predicted molar refractivity (Wildman–Crippen MR) is 86.4 cm³/mol. The third-order valence-electron chi connectivity index (χ3n) is 3.64. The Hall–Kier alpha value is -2.45. The Morgan fingerprint density at radius 1 is 1.23 bits per heavy atom. The van der Waals surface area contributed by atoms with Crippen molar-refractivity contribution in [2.45, 2.75) is 5.92 Å². The van der Waals surface area contributed by atoms with Crippen LogP contribution in [0.2, 0.25) is 0 Å². The van der Waals surface area contributed by atoms with Crippen molar-refractivity contribution < 1.29 is 9.47 Å². The minimum absolute atomic E-state index is 0.129. The number of fused-ring (bicyclic) bond motifs is 1. The molecule has 5 heteroatoms. The average molecular weight is 357 g/mol. The van der Waals surface area contributed by atoms with Gasteiger partial charge in [0.05, 0.1) is 13.0 Å². The highest BCUT2D eigenvalue weighted by Crippen LogP contribution is 2.45. The predicted octanol–water partition coefficient (Wildman–Crippen LogP) is 3.68. The number of halogens is 1. The maximum Gasteiger partial charge on any atom is 0.205 e. The molecule has 0 bridgehead atoms. The van der Waals surface area contributed by atoms with Crippen molar-refractivity contribution >= 4 is 15.9 Å². The van der Waals surface area contributed by atoms with Gasteiger partial charge in [-0.05, 0) is 17.7 Å². The van der Waals surface area contributed by atoms with Crippen LogP contribution in [0.15, 0.2) is 58.4 Å². The van der Waals surface area contributed by atoms with Crippen LogP contribution < -0.4 is 15.2 Å². The molecular weight excluding hydrogens is 344 g/mol. The lowest BCUT2D eigenvalue weighted by molar-refractivity contribution is 0.381. The highest BCUT2D eigenvalue weighted by atomic mass is 79.9. The van der Waals surface area contributed by atoms with E-state index in [9.17, 15) is 5.26 Å². The number of hydrogen-bond acceptors (Lipinski definition) is 4. The normalized spacial score (nSPS) is 16.5. The van der Waals surface area contributed by atoms with E-state index in [0.29, 0.717) is 17.1 Å². The summed E-state index contributed by atoms with van der Waals surface area (Å²) in [5, 5.41) is 9.50. The summed E-state index contributed by atoms with van der Waals surface area (Å²) >= 11 is 3.55. The lowest BCUT2D eigenvalue weighted by atomic mass is 9.83. The number of nitriles is 1. The van der Waals surface area contributed by atoms with Gasteiger partial charge in [-0.2, -0.15) is 5.26 Å². The van der Waals surface area contributed by atoms with E-state index in [1.807, 2.05) is 36.4 Å². The number of allylic oxidation sites excluding steroid dienone is 1. The van der Waals surface area contributed by atoms with Crippen LogP contribution in [-0.4, -0.2) is 7.11 Å². The van der Waals surface area contributed by atoms with Crippen LogP contribution in [0.3, 0.4) is 0 Å². The Kier molecular flexibility index (Phi) is 3.78. The number of methoxy groups -OCH3 is 1. The SMILES string of the molecule is COc1ccc2c(c1)OC(N)=C(C#N)[C@@H]2c1ccccc1Br. The first-order valence-corrected chi connectivity index (χ1v) is 7.45. The molecule has 0 radical (unpaired) electrons. The molecule has 3 rings (SSSR count). The summed E-state index contributed by atoms with van der Waals surface area (Å²) in [5.41, 5.74) is 8.22. The summed E-state index contributed by atoms with van der Waals surface area (Å²) < 4.78 is 11.8. The van der Waals surface area contributed by atoms with Crippen molar-refractivity contribution in [1.82, 2.24) is 0 Å². The van der Waals surface area contributed by atoms with E-state index in [1.165, 1.54) is 0 Å². The van der Waals surface area contributed by atoms with Crippen LogP contribution >= 0.6 is 15.9 Å². The maximum absolute atomic E-state index is 9.50. The number of ether oxygens (including phenoxy) is 2. The zero-order chi connectivity index (χ0) is 15.7. The van der Waals surface area contributed by atoms with Gasteiger partial charge < -0.3 is 15.2 Å². The van der Waals surface area contributed by atoms with Crippen molar-refractivity contribution in [2.24, 2.45) is 5.73 Å². The molecule has 0 saturated carbocycles. The second-order valence-electron chi connectivity index (χ2n) is 4.85. The lowest BCUT2D eigenvalue weighted by Gasteiger charge is -2.27. The summed E-state index contributed by atoms with van der Waals surface area (Å²) in [7, 11) is 1.59. The minimum atomic E-state index is -0.268. The average Bonchev–Trinajstić information content (AvgIpc) is 2.53. The van der Waals surface area contributed by atoms with Crippen LogP contribution in [-0.2, 0) is 0 Å². The second kappa shape index (κ2) is 5.74. The Balaban J connectivity index is 2.24. The van der Waals surface area contributed by atoms with Gasteiger partial charge in [0.15, 0.2) is 0 Å². The van der Waals surface area contributed by atoms with Crippen LogP contribution in [0.5, 0.6) is 11.5 Å². The van der Waals surface area contributed by atoms with Crippen molar-refractivity contribution in [3.63, 3.8) is 0 Å². The fraction of sp³-hybridized carbons (Fsp3) is 0.118. The fourth-order valence-corrected chi connectivity index (χ4v) is 3.11. The molecule has 2 aromatic carbocycles. The van der Waals surface area contributed by atoms with E-state index in [-0.39, 0.29) is 11.8 Å². The van der Waals surface area contributed by atoms with E-state index in [0.717, 1.165) is 15.6 Å². The molecule has 0 spiro atoms. The Morgan fingerprint density at radius 2 is 2.00 bits per heavy atom. The van der Waals surface area contributed by atoms with Gasteiger partial charge >= 0.3 is 0 Å². The molecule has 110 valence electrons. The van der Waals surface area contributed by atoms with Crippen LogP contribution in [0.1, 0.15) is 17.0 Å².